The van der Waals surface area contributed by atoms with Gasteiger partial charge in [-0.05, 0) is 60.2 Å². The molecule has 7 heteroatoms. The number of rotatable bonds is 6. The second kappa shape index (κ2) is 8.00. The van der Waals surface area contributed by atoms with Crippen molar-refractivity contribution in [1.82, 2.24) is 4.98 Å². The smallest absolute Gasteiger partial charge is 0.269 e. The lowest BCUT2D eigenvalue weighted by Crippen LogP contribution is -2.03. The molecule has 0 aliphatic heterocycles. The Hall–Kier alpha value is -4.26. The van der Waals surface area contributed by atoms with Crippen LogP contribution in [0, 0.1) is 10.1 Å². The lowest BCUT2D eigenvalue weighted by Gasteiger charge is -2.05. The van der Waals surface area contributed by atoms with Crippen LogP contribution in [0.15, 0.2) is 77.2 Å². The van der Waals surface area contributed by atoms with Crippen molar-refractivity contribution in [1.29, 1.82) is 0 Å². The average Bonchev–Trinajstić information content (AvgIpc) is 3.21. The monoisotopic (exact) mass is 400 g/mol. The molecule has 0 N–H and O–H groups in total. The van der Waals surface area contributed by atoms with E-state index in [0.29, 0.717) is 28.0 Å². The van der Waals surface area contributed by atoms with Crippen molar-refractivity contribution < 1.29 is 18.9 Å². The lowest BCUT2D eigenvalue weighted by atomic mass is 10.0. The van der Waals surface area contributed by atoms with Gasteiger partial charge in [-0.25, -0.2) is 4.98 Å². The number of non-ortho nitro benzene ring substituents is 1. The predicted molar refractivity (Wildman–Crippen MR) is 112 cm³/mol. The van der Waals surface area contributed by atoms with E-state index in [1.807, 2.05) is 12.1 Å². The molecule has 4 rings (SSSR count). The van der Waals surface area contributed by atoms with Crippen LogP contribution < -0.4 is 4.74 Å². The molecule has 7 nitrogen and oxygen atoms in total. The molecule has 0 unspecified atom stereocenters. The number of carbonyl (C=O) groups is 1. The number of nitro benzene ring substituents is 1. The predicted octanol–water partition coefficient (Wildman–Crippen LogP) is 5.17. The van der Waals surface area contributed by atoms with E-state index >= 15 is 0 Å². The summed E-state index contributed by atoms with van der Waals surface area (Å²) in [5.74, 6) is 0.521. The number of methoxy groups -OCH3 is 1. The number of ether oxygens (including phenoxy) is 1. The highest BCUT2D eigenvalue weighted by Gasteiger charge is 2.20. The van der Waals surface area contributed by atoms with Crippen molar-refractivity contribution in [3.63, 3.8) is 0 Å². The Kier molecular flexibility index (Phi) is 5.09. The summed E-state index contributed by atoms with van der Waals surface area (Å²) in [7, 11) is 1.55. The van der Waals surface area contributed by atoms with Crippen molar-refractivity contribution in [2.75, 3.05) is 7.11 Å². The summed E-state index contributed by atoms with van der Waals surface area (Å²) >= 11 is 0. The molecule has 148 valence electrons. The Morgan fingerprint density at radius 2 is 1.73 bits per heavy atom. The second-order valence-corrected chi connectivity index (χ2v) is 6.45. The van der Waals surface area contributed by atoms with Gasteiger partial charge in [0.2, 0.25) is 5.89 Å². The van der Waals surface area contributed by atoms with Gasteiger partial charge in [0, 0.05) is 17.7 Å². The van der Waals surface area contributed by atoms with Gasteiger partial charge in [0.25, 0.3) is 5.69 Å². The molecule has 0 aliphatic carbocycles. The van der Waals surface area contributed by atoms with E-state index in [1.54, 1.807) is 61.7 Å². The van der Waals surface area contributed by atoms with E-state index < -0.39 is 4.92 Å². The van der Waals surface area contributed by atoms with Gasteiger partial charge < -0.3 is 9.15 Å². The van der Waals surface area contributed by atoms with E-state index in [2.05, 4.69) is 4.98 Å². The number of nitrogens with zero attached hydrogens (tertiary/aromatic N) is 2. The number of Topliss-reactive ketones (excluding diaryl/α,β-unsaturated/α-hetero) is 1. The van der Waals surface area contributed by atoms with Gasteiger partial charge in [0.15, 0.2) is 11.4 Å². The molecule has 0 radical (unpaired) electrons. The van der Waals surface area contributed by atoms with Gasteiger partial charge in [0.1, 0.15) is 11.3 Å². The average molecular weight is 400 g/mol. The Labute approximate surface area is 171 Å². The first-order valence-electron chi connectivity index (χ1n) is 9.06. The number of fused-ring (bicyclic) bond motifs is 1. The summed E-state index contributed by atoms with van der Waals surface area (Å²) < 4.78 is 11.0. The molecule has 0 atom stereocenters. The second-order valence-electron chi connectivity index (χ2n) is 6.45. The number of carbonyl (C=O) groups excluding carboxylic acids is 1. The number of oxazole rings is 1. The zero-order valence-corrected chi connectivity index (χ0v) is 15.9. The quantitative estimate of drug-likeness (QED) is 0.192. The van der Waals surface area contributed by atoms with E-state index in [0.717, 1.165) is 0 Å². The number of ketones is 1. The highest BCUT2D eigenvalue weighted by atomic mass is 16.6. The summed E-state index contributed by atoms with van der Waals surface area (Å²) in [5.41, 5.74) is 2.45. The Balaban J connectivity index is 1.80. The third kappa shape index (κ3) is 3.81. The topological polar surface area (TPSA) is 95.5 Å². The first kappa shape index (κ1) is 19.1. The number of benzene rings is 3. The Morgan fingerprint density at radius 1 is 1.03 bits per heavy atom. The largest absolute Gasteiger partial charge is 0.497 e. The summed E-state index contributed by atoms with van der Waals surface area (Å²) in [6, 6.07) is 19.8. The first-order valence-corrected chi connectivity index (χ1v) is 9.06. The Morgan fingerprint density at radius 3 is 2.37 bits per heavy atom. The molecule has 4 aromatic rings. The molecule has 1 aromatic heterocycles. The van der Waals surface area contributed by atoms with Gasteiger partial charge in [-0.3, -0.25) is 14.9 Å². The molecule has 3 aromatic carbocycles. The van der Waals surface area contributed by atoms with Crippen molar-refractivity contribution in [2.45, 2.75) is 0 Å². The van der Waals surface area contributed by atoms with Crippen LogP contribution in [0.4, 0.5) is 5.69 Å². The SMILES string of the molecule is COc1ccc(C(=O)C(=Cc2ccc([N+](=O)[O-])cc2)c2nc3ccccc3o2)cc1. The Bertz CT molecular complexity index is 1220. The molecular weight excluding hydrogens is 384 g/mol. The summed E-state index contributed by atoms with van der Waals surface area (Å²) in [6.07, 6.45) is 1.61. The fourth-order valence-electron chi connectivity index (χ4n) is 2.97. The number of hydrogen-bond acceptors (Lipinski definition) is 6. The molecule has 0 amide bonds. The van der Waals surface area contributed by atoms with Gasteiger partial charge in [-0.1, -0.05) is 12.1 Å². The summed E-state index contributed by atoms with van der Waals surface area (Å²) in [4.78, 5) is 28.2. The minimum Gasteiger partial charge on any atom is -0.497 e. The van der Waals surface area contributed by atoms with Crippen LogP contribution in [0.25, 0.3) is 22.7 Å². The first-order chi connectivity index (χ1) is 14.5. The van der Waals surface area contributed by atoms with Crippen molar-refractivity contribution in [3.05, 3.63) is 99.9 Å². The number of hydrogen-bond donors (Lipinski definition) is 0. The molecule has 0 saturated carbocycles. The van der Waals surface area contributed by atoms with Crippen molar-refractivity contribution in [3.8, 4) is 5.75 Å². The fraction of sp³-hybridized carbons (Fsp3) is 0.0435. The number of aromatic nitrogens is 1. The lowest BCUT2D eigenvalue weighted by molar-refractivity contribution is -0.384. The molecular formula is C23H16N2O5. The van der Waals surface area contributed by atoms with E-state index in [1.165, 1.54) is 12.1 Å². The van der Waals surface area contributed by atoms with Crippen LogP contribution in [0.2, 0.25) is 0 Å². The van der Waals surface area contributed by atoms with Crippen LogP contribution in [0.3, 0.4) is 0 Å². The zero-order valence-electron chi connectivity index (χ0n) is 15.9. The maximum atomic E-state index is 13.3. The molecule has 0 bridgehead atoms. The minimum atomic E-state index is -0.474. The molecule has 0 saturated heterocycles. The summed E-state index contributed by atoms with van der Waals surface area (Å²) in [6.45, 7) is 0. The standard InChI is InChI=1S/C23H16N2O5/c1-29-18-12-8-16(9-13-18)22(26)19(14-15-6-10-17(11-7-15)25(27)28)23-24-20-4-2-3-5-21(20)30-23/h2-14H,1H3. The van der Waals surface area contributed by atoms with Crippen LogP contribution in [0.1, 0.15) is 21.8 Å². The highest BCUT2D eigenvalue weighted by molar-refractivity contribution is 6.31. The maximum absolute atomic E-state index is 13.3. The number of allylic oxidation sites excluding steroid dienone is 1. The van der Waals surface area contributed by atoms with Crippen LogP contribution in [0.5, 0.6) is 5.75 Å². The van der Waals surface area contributed by atoms with E-state index in [4.69, 9.17) is 9.15 Å². The van der Waals surface area contributed by atoms with Crippen molar-refractivity contribution in [2.24, 2.45) is 0 Å². The summed E-state index contributed by atoms with van der Waals surface area (Å²) in [5, 5.41) is 10.9. The molecule has 0 spiro atoms. The molecule has 0 aliphatic rings. The van der Waals surface area contributed by atoms with E-state index in [9.17, 15) is 14.9 Å². The fourth-order valence-corrected chi connectivity index (χ4v) is 2.97. The zero-order chi connectivity index (χ0) is 21.1. The molecule has 1 heterocycles. The molecule has 30 heavy (non-hydrogen) atoms. The van der Waals surface area contributed by atoms with Gasteiger partial charge in [-0.2, -0.15) is 0 Å². The normalized spacial score (nSPS) is 11.4. The highest BCUT2D eigenvalue weighted by Crippen LogP contribution is 2.27. The van der Waals surface area contributed by atoms with E-state index in [-0.39, 0.29) is 22.9 Å². The maximum Gasteiger partial charge on any atom is 0.269 e. The van der Waals surface area contributed by atoms with Crippen LogP contribution in [-0.2, 0) is 0 Å². The number of nitro groups is 1. The van der Waals surface area contributed by atoms with Crippen LogP contribution in [-0.4, -0.2) is 22.8 Å². The van der Waals surface area contributed by atoms with Crippen molar-refractivity contribution >= 4 is 34.2 Å². The number of para-hydroxylation sites is 2. The van der Waals surface area contributed by atoms with Gasteiger partial charge in [0.05, 0.1) is 17.6 Å². The third-order valence-electron chi connectivity index (χ3n) is 4.54. The van der Waals surface area contributed by atoms with Gasteiger partial charge in [-0.15, -0.1) is 0 Å². The molecule has 0 fully saturated rings. The minimum absolute atomic E-state index is 0.0305. The third-order valence-corrected chi connectivity index (χ3v) is 4.54. The van der Waals surface area contributed by atoms with Gasteiger partial charge >= 0.3 is 0 Å². The van der Waals surface area contributed by atoms with Crippen LogP contribution >= 0.6 is 0 Å².